The van der Waals surface area contributed by atoms with Gasteiger partial charge < -0.3 is 15.3 Å². The smallest absolute Gasteiger partial charge is 0.323 e. The van der Waals surface area contributed by atoms with Gasteiger partial charge in [0.05, 0.1) is 0 Å². The van der Waals surface area contributed by atoms with Crippen LogP contribution in [0.15, 0.2) is 0 Å². The van der Waals surface area contributed by atoms with Crippen molar-refractivity contribution in [1.82, 2.24) is 10.2 Å². The van der Waals surface area contributed by atoms with Gasteiger partial charge >= 0.3 is 12.0 Å². The first kappa shape index (κ1) is 14.2. The monoisotopic (exact) mass is 260 g/mol. The lowest BCUT2D eigenvalue weighted by molar-refractivity contribution is -0.137. The van der Waals surface area contributed by atoms with Gasteiger partial charge in [-0.25, -0.2) is 4.79 Å². The summed E-state index contributed by atoms with van der Waals surface area (Å²) in [4.78, 5) is 23.9. The molecule has 2 amide bonds. The number of carboxylic acids is 1. The summed E-state index contributed by atoms with van der Waals surface area (Å²) in [6.45, 7) is 2.46. The third kappa shape index (κ3) is 5.30. The highest BCUT2D eigenvalue weighted by Gasteiger charge is 2.33. The second-order valence-electron chi connectivity index (χ2n) is 4.50. The molecule has 2 N–H and O–H groups in total. The molecule has 0 spiro atoms. The topological polar surface area (TPSA) is 69.6 Å². The Kier molecular flexibility index (Phi) is 5.61. The lowest BCUT2D eigenvalue weighted by atomic mass is 10.2. The van der Waals surface area contributed by atoms with Gasteiger partial charge in [-0.3, -0.25) is 4.79 Å². The zero-order valence-corrected chi connectivity index (χ0v) is 11.1. The molecule has 1 aliphatic carbocycles. The van der Waals surface area contributed by atoms with E-state index in [0.717, 1.165) is 18.6 Å². The highest BCUT2D eigenvalue weighted by molar-refractivity contribution is 7.98. The molecule has 1 rings (SSSR count). The molecule has 17 heavy (non-hydrogen) atoms. The second kappa shape index (κ2) is 6.74. The summed E-state index contributed by atoms with van der Waals surface area (Å²) in [5.41, 5.74) is 0. The molecule has 1 unspecified atom stereocenters. The van der Waals surface area contributed by atoms with Crippen LogP contribution >= 0.6 is 11.8 Å². The SMILES string of the molecule is CSCC(C)CNC(=O)N(CC(=O)O)C1CC1. The van der Waals surface area contributed by atoms with E-state index in [4.69, 9.17) is 5.11 Å². The maximum atomic E-state index is 11.8. The van der Waals surface area contributed by atoms with Gasteiger partial charge in [-0.1, -0.05) is 6.92 Å². The van der Waals surface area contributed by atoms with Gasteiger partial charge in [0.1, 0.15) is 6.54 Å². The number of thioether (sulfide) groups is 1. The molecule has 1 saturated carbocycles. The number of carbonyl (C=O) groups is 2. The summed E-state index contributed by atoms with van der Waals surface area (Å²) in [7, 11) is 0. The lowest BCUT2D eigenvalue weighted by Crippen LogP contribution is -2.45. The fraction of sp³-hybridized carbons (Fsp3) is 0.818. The van der Waals surface area contributed by atoms with E-state index in [2.05, 4.69) is 12.2 Å². The third-order valence-corrected chi connectivity index (χ3v) is 3.51. The summed E-state index contributed by atoms with van der Waals surface area (Å²) in [5, 5.41) is 11.6. The van der Waals surface area contributed by atoms with Crippen molar-refractivity contribution < 1.29 is 14.7 Å². The van der Waals surface area contributed by atoms with Crippen LogP contribution in [-0.4, -0.2) is 53.1 Å². The van der Waals surface area contributed by atoms with Crippen molar-refractivity contribution in [1.29, 1.82) is 0 Å². The maximum Gasteiger partial charge on any atom is 0.323 e. The van der Waals surface area contributed by atoms with Gasteiger partial charge in [-0.2, -0.15) is 11.8 Å². The number of carboxylic acid groups (broad SMARTS) is 1. The van der Waals surface area contributed by atoms with Crippen molar-refractivity contribution >= 4 is 23.8 Å². The molecule has 1 fully saturated rings. The fourth-order valence-electron chi connectivity index (χ4n) is 1.61. The second-order valence-corrected chi connectivity index (χ2v) is 5.41. The van der Waals surface area contributed by atoms with E-state index in [-0.39, 0.29) is 18.6 Å². The minimum atomic E-state index is -0.954. The molecule has 1 aliphatic rings. The zero-order valence-electron chi connectivity index (χ0n) is 10.3. The quantitative estimate of drug-likeness (QED) is 0.722. The lowest BCUT2D eigenvalue weighted by Gasteiger charge is -2.21. The van der Waals surface area contributed by atoms with Crippen LogP contribution in [0.2, 0.25) is 0 Å². The van der Waals surface area contributed by atoms with E-state index in [1.807, 2.05) is 6.26 Å². The normalized spacial score (nSPS) is 16.4. The number of amides is 2. The van der Waals surface area contributed by atoms with Gasteiger partial charge in [-0.15, -0.1) is 0 Å². The first-order chi connectivity index (χ1) is 8.04. The molecule has 5 nitrogen and oxygen atoms in total. The first-order valence-electron chi connectivity index (χ1n) is 5.79. The minimum absolute atomic E-state index is 0.127. The third-order valence-electron chi connectivity index (χ3n) is 2.61. The number of urea groups is 1. The molecule has 1 atom stereocenters. The Balaban J connectivity index is 2.34. The van der Waals surface area contributed by atoms with Crippen LogP contribution in [0.4, 0.5) is 4.79 Å². The Morgan fingerprint density at radius 3 is 2.65 bits per heavy atom. The van der Waals surface area contributed by atoms with Gasteiger partial charge in [0.2, 0.25) is 0 Å². The standard InChI is InChI=1S/C11H20N2O3S/c1-8(7-17-2)5-12-11(16)13(6-10(14)15)9-3-4-9/h8-9H,3-7H2,1-2H3,(H,12,16)(H,14,15). The molecule has 6 heteroatoms. The zero-order chi connectivity index (χ0) is 12.8. The molecule has 0 saturated heterocycles. The molecular formula is C11H20N2O3S. The van der Waals surface area contributed by atoms with E-state index in [1.54, 1.807) is 11.8 Å². The van der Waals surface area contributed by atoms with E-state index in [0.29, 0.717) is 12.5 Å². The van der Waals surface area contributed by atoms with E-state index >= 15 is 0 Å². The molecule has 0 aromatic carbocycles. The predicted octanol–water partition coefficient (Wildman–Crippen LogP) is 1.24. The summed E-state index contributed by atoms with van der Waals surface area (Å²) >= 11 is 1.74. The Morgan fingerprint density at radius 2 is 2.18 bits per heavy atom. The van der Waals surface area contributed by atoms with Gasteiger partial charge in [0.25, 0.3) is 0 Å². The number of hydrogen-bond donors (Lipinski definition) is 2. The number of carbonyl (C=O) groups excluding carboxylic acids is 1. The summed E-state index contributed by atoms with van der Waals surface area (Å²) in [5.74, 6) is 0.437. The van der Waals surface area contributed by atoms with E-state index in [1.165, 1.54) is 4.90 Å². The highest BCUT2D eigenvalue weighted by atomic mass is 32.2. The summed E-state index contributed by atoms with van der Waals surface area (Å²) < 4.78 is 0. The van der Waals surface area contributed by atoms with Crippen molar-refractivity contribution in [2.24, 2.45) is 5.92 Å². The molecular weight excluding hydrogens is 240 g/mol. The van der Waals surface area contributed by atoms with Crippen molar-refractivity contribution in [3.63, 3.8) is 0 Å². The highest BCUT2D eigenvalue weighted by Crippen LogP contribution is 2.26. The Hall–Kier alpha value is -0.910. The maximum absolute atomic E-state index is 11.8. The van der Waals surface area contributed by atoms with E-state index < -0.39 is 5.97 Å². The van der Waals surface area contributed by atoms with Crippen LogP contribution in [0.25, 0.3) is 0 Å². The molecule has 0 heterocycles. The van der Waals surface area contributed by atoms with E-state index in [9.17, 15) is 9.59 Å². The number of nitrogens with zero attached hydrogens (tertiary/aromatic N) is 1. The average Bonchev–Trinajstić information content (AvgIpc) is 3.06. The van der Waals surface area contributed by atoms with Crippen molar-refractivity contribution in [3.8, 4) is 0 Å². The molecule has 0 bridgehead atoms. The molecule has 0 aromatic rings. The van der Waals surface area contributed by atoms with Gasteiger partial charge in [0.15, 0.2) is 0 Å². The number of aliphatic carboxylic acids is 1. The average molecular weight is 260 g/mol. The molecule has 0 aliphatic heterocycles. The summed E-state index contributed by atoms with van der Waals surface area (Å²) in [6, 6.07) is -0.121. The number of nitrogens with one attached hydrogen (secondary N) is 1. The summed E-state index contributed by atoms with van der Waals surface area (Å²) in [6.07, 6.45) is 3.86. The minimum Gasteiger partial charge on any atom is -0.480 e. The van der Waals surface area contributed by atoms with Crippen molar-refractivity contribution in [2.45, 2.75) is 25.8 Å². The molecule has 0 radical (unpaired) electrons. The first-order valence-corrected chi connectivity index (χ1v) is 7.19. The van der Waals surface area contributed by atoms with Crippen LogP contribution in [0.3, 0.4) is 0 Å². The largest absolute Gasteiger partial charge is 0.480 e. The Morgan fingerprint density at radius 1 is 1.53 bits per heavy atom. The molecule has 98 valence electrons. The fourth-order valence-corrected chi connectivity index (χ4v) is 2.29. The van der Waals surface area contributed by atoms with Gasteiger partial charge in [0, 0.05) is 12.6 Å². The van der Waals surface area contributed by atoms with Crippen molar-refractivity contribution in [2.75, 3.05) is 25.1 Å². The number of rotatable bonds is 7. The van der Waals surface area contributed by atoms with Crippen LogP contribution in [-0.2, 0) is 4.79 Å². The van der Waals surface area contributed by atoms with Crippen LogP contribution in [0.5, 0.6) is 0 Å². The molecule has 0 aromatic heterocycles. The van der Waals surface area contributed by atoms with Crippen LogP contribution < -0.4 is 5.32 Å². The Labute approximate surface area is 106 Å². The van der Waals surface area contributed by atoms with Crippen LogP contribution in [0, 0.1) is 5.92 Å². The Bertz CT molecular complexity index is 282. The predicted molar refractivity (Wildman–Crippen MR) is 68.3 cm³/mol. The van der Waals surface area contributed by atoms with Gasteiger partial charge in [-0.05, 0) is 30.8 Å². The van der Waals surface area contributed by atoms with Crippen molar-refractivity contribution in [3.05, 3.63) is 0 Å². The van der Waals surface area contributed by atoms with Crippen LogP contribution in [0.1, 0.15) is 19.8 Å². The number of hydrogen-bond acceptors (Lipinski definition) is 3.